The molecule has 0 bridgehead atoms. The van der Waals surface area contributed by atoms with Gasteiger partial charge in [-0.2, -0.15) is 0 Å². The number of nitrogens with two attached hydrogens (primary N) is 1. The molecule has 1 rings (SSSR count). The highest BCUT2D eigenvalue weighted by Crippen LogP contribution is 2.32. The third-order valence-electron chi connectivity index (χ3n) is 3.03. The summed E-state index contributed by atoms with van der Waals surface area (Å²) in [5, 5.41) is 5.66. The zero-order chi connectivity index (χ0) is 16.2. The number of benzene rings is 1. The van der Waals surface area contributed by atoms with E-state index in [0.717, 1.165) is 0 Å². The molecule has 4 N–H and O–H groups in total. The van der Waals surface area contributed by atoms with Gasteiger partial charge in [0.1, 0.15) is 0 Å². The number of nitrogen functional groups attached to an aromatic ring is 1. The largest absolute Gasteiger partial charge is 0.399 e. The van der Waals surface area contributed by atoms with Crippen LogP contribution in [0.1, 0.15) is 6.92 Å². The maximum atomic E-state index is 12.2. The molecule has 0 aliphatic rings. The molecule has 6 nitrogen and oxygen atoms in total. The summed E-state index contributed by atoms with van der Waals surface area (Å²) < 4.78 is 0. The number of rotatable bonds is 5. The van der Waals surface area contributed by atoms with Crippen LogP contribution < -0.4 is 16.4 Å². The van der Waals surface area contributed by atoms with Crippen molar-refractivity contribution in [3.05, 3.63) is 22.2 Å². The fourth-order valence-corrected chi connectivity index (χ4v) is 2.18. The molecule has 0 heterocycles. The molecule has 0 aliphatic heterocycles. The molecular weight excluding hydrogens is 315 g/mol. The Balaban J connectivity index is 2.79. The summed E-state index contributed by atoms with van der Waals surface area (Å²) in [6.45, 7) is 1.78. The van der Waals surface area contributed by atoms with Crippen LogP contribution in [0, 0.1) is 0 Å². The standard InChI is InChI=1S/C13H18Cl2N4O2/c1-7(19(3)6-11(20)17-2)13(21)18-12-9(14)4-8(16)5-10(12)15/h4-5,7H,6,16H2,1-3H3,(H,17,20)(H,18,21). The van der Waals surface area contributed by atoms with Crippen molar-refractivity contribution in [1.82, 2.24) is 10.2 Å². The van der Waals surface area contributed by atoms with Crippen LogP contribution >= 0.6 is 23.2 Å². The lowest BCUT2D eigenvalue weighted by Gasteiger charge is -2.23. The molecule has 21 heavy (non-hydrogen) atoms. The quantitative estimate of drug-likeness (QED) is 0.714. The van der Waals surface area contributed by atoms with Crippen LogP contribution in [-0.4, -0.2) is 43.4 Å². The molecule has 0 fully saturated rings. The van der Waals surface area contributed by atoms with E-state index >= 15 is 0 Å². The number of halogens is 2. The fourth-order valence-electron chi connectivity index (χ4n) is 1.58. The van der Waals surface area contributed by atoms with E-state index in [9.17, 15) is 9.59 Å². The van der Waals surface area contributed by atoms with E-state index in [2.05, 4.69) is 10.6 Å². The second-order valence-corrected chi connectivity index (χ2v) is 5.43. The molecule has 0 saturated heterocycles. The van der Waals surface area contributed by atoms with Gasteiger partial charge in [-0.1, -0.05) is 23.2 Å². The van der Waals surface area contributed by atoms with Gasteiger partial charge in [0.15, 0.2) is 0 Å². The minimum absolute atomic E-state index is 0.105. The van der Waals surface area contributed by atoms with Gasteiger partial charge in [-0.25, -0.2) is 0 Å². The number of anilines is 2. The van der Waals surface area contributed by atoms with E-state index in [1.54, 1.807) is 18.9 Å². The number of hydrogen-bond donors (Lipinski definition) is 3. The highest BCUT2D eigenvalue weighted by Gasteiger charge is 2.21. The Morgan fingerprint density at radius 2 is 1.86 bits per heavy atom. The van der Waals surface area contributed by atoms with Crippen LogP contribution in [0.5, 0.6) is 0 Å². The summed E-state index contributed by atoms with van der Waals surface area (Å²) in [5.74, 6) is -0.504. The second kappa shape index (κ2) is 7.49. The average molecular weight is 333 g/mol. The number of amides is 2. The van der Waals surface area contributed by atoms with Gasteiger partial charge in [-0.05, 0) is 26.1 Å². The third kappa shape index (κ3) is 4.77. The van der Waals surface area contributed by atoms with Crippen molar-refractivity contribution in [3.8, 4) is 0 Å². The summed E-state index contributed by atoms with van der Waals surface area (Å²) in [4.78, 5) is 25.1. The molecule has 1 aromatic rings. The molecule has 0 saturated carbocycles. The predicted molar refractivity (Wildman–Crippen MR) is 85.7 cm³/mol. The summed E-state index contributed by atoms with van der Waals surface area (Å²) in [7, 11) is 3.21. The Kier molecular flexibility index (Phi) is 6.26. The molecule has 1 atom stereocenters. The first-order valence-corrected chi connectivity index (χ1v) is 6.98. The molecule has 0 aromatic heterocycles. The molecular formula is C13H18Cl2N4O2. The van der Waals surface area contributed by atoms with Crippen molar-refractivity contribution in [2.45, 2.75) is 13.0 Å². The van der Waals surface area contributed by atoms with Gasteiger partial charge in [0, 0.05) is 12.7 Å². The number of likely N-dealkylation sites (N-methyl/N-ethyl adjacent to an activating group) is 2. The molecule has 0 spiro atoms. The summed E-state index contributed by atoms with van der Waals surface area (Å²) in [6.07, 6.45) is 0. The summed E-state index contributed by atoms with van der Waals surface area (Å²) in [5.41, 5.74) is 6.32. The zero-order valence-electron chi connectivity index (χ0n) is 12.0. The van der Waals surface area contributed by atoms with E-state index in [-0.39, 0.29) is 28.4 Å². The molecule has 116 valence electrons. The van der Waals surface area contributed by atoms with Gasteiger partial charge in [0.05, 0.1) is 28.3 Å². The first-order valence-electron chi connectivity index (χ1n) is 6.22. The lowest BCUT2D eigenvalue weighted by molar-refractivity contribution is -0.124. The number of carbonyl (C=O) groups is 2. The van der Waals surface area contributed by atoms with Crippen LogP contribution in [-0.2, 0) is 9.59 Å². The highest BCUT2D eigenvalue weighted by molar-refractivity contribution is 6.40. The number of nitrogens with one attached hydrogen (secondary N) is 2. The molecule has 2 amide bonds. The molecule has 1 unspecified atom stereocenters. The van der Waals surface area contributed by atoms with Gasteiger partial charge < -0.3 is 16.4 Å². The number of nitrogens with zero attached hydrogens (tertiary/aromatic N) is 1. The average Bonchev–Trinajstić information content (AvgIpc) is 2.41. The maximum absolute atomic E-state index is 12.2. The zero-order valence-corrected chi connectivity index (χ0v) is 13.5. The first kappa shape index (κ1) is 17.6. The van der Waals surface area contributed by atoms with Gasteiger partial charge in [-0.3, -0.25) is 14.5 Å². The maximum Gasteiger partial charge on any atom is 0.241 e. The van der Waals surface area contributed by atoms with Crippen molar-refractivity contribution in [2.75, 3.05) is 31.7 Å². The van der Waals surface area contributed by atoms with Gasteiger partial charge >= 0.3 is 0 Å². The van der Waals surface area contributed by atoms with Crippen LogP contribution in [0.25, 0.3) is 0 Å². The van der Waals surface area contributed by atoms with Crippen LogP contribution in [0.3, 0.4) is 0 Å². The van der Waals surface area contributed by atoms with Crippen molar-refractivity contribution >= 4 is 46.4 Å². The van der Waals surface area contributed by atoms with Crippen molar-refractivity contribution < 1.29 is 9.59 Å². The van der Waals surface area contributed by atoms with Gasteiger partial charge in [0.2, 0.25) is 11.8 Å². The summed E-state index contributed by atoms with van der Waals surface area (Å²) >= 11 is 12.0. The molecule has 8 heteroatoms. The Morgan fingerprint density at radius 1 is 1.33 bits per heavy atom. The minimum atomic E-state index is -0.535. The Labute approximate surface area is 133 Å². The third-order valence-corrected chi connectivity index (χ3v) is 3.62. The lowest BCUT2D eigenvalue weighted by Crippen LogP contribution is -2.44. The van der Waals surface area contributed by atoms with E-state index < -0.39 is 6.04 Å². The van der Waals surface area contributed by atoms with Crippen molar-refractivity contribution in [1.29, 1.82) is 0 Å². The number of hydrogen-bond acceptors (Lipinski definition) is 4. The molecule has 1 aromatic carbocycles. The smallest absolute Gasteiger partial charge is 0.241 e. The van der Waals surface area contributed by atoms with E-state index in [1.807, 2.05) is 0 Å². The van der Waals surface area contributed by atoms with Crippen LogP contribution in [0.2, 0.25) is 10.0 Å². The second-order valence-electron chi connectivity index (χ2n) is 4.61. The molecule has 0 radical (unpaired) electrons. The number of carbonyl (C=O) groups excluding carboxylic acids is 2. The normalized spacial score (nSPS) is 12.1. The van der Waals surface area contributed by atoms with E-state index in [1.165, 1.54) is 19.2 Å². The summed E-state index contributed by atoms with van der Waals surface area (Å²) in [6, 6.07) is 2.47. The van der Waals surface area contributed by atoms with Crippen LogP contribution in [0.15, 0.2) is 12.1 Å². The SMILES string of the molecule is CNC(=O)CN(C)C(C)C(=O)Nc1c(Cl)cc(N)cc1Cl. The fraction of sp³-hybridized carbons (Fsp3) is 0.385. The Bertz CT molecular complexity index is 528. The topological polar surface area (TPSA) is 87.5 Å². The van der Waals surface area contributed by atoms with E-state index in [0.29, 0.717) is 11.4 Å². The molecule has 0 aliphatic carbocycles. The lowest BCUT2D eigenvalue weighted by atomic mass is 10.2. The predicted octanol–water partition coefficient (Wildman–Crippen LogP) is 1.58. The van der Waals surface area contributed by atoms with Gasteiger partial charge in [0.25, 0.3) is 0 Å². The van der Waals surface area contributed by atoms with E-state index in [4.69, 9.17) is 28.9 Å². The van der Waals surface area contributed by atoms with Crippen LogP contribution in [0.4, 0.5) is 11.4 Å². The highest BCUT2D eigenvalue weighted by atomic mass is 35.5. The monoisotopic (exact) mass is 332 g/mol. The van der Waals surface area contributed by atoms with Gasteiger partial charge in [-0.15, -0.1) is 0 Å². The Hall–Kier alpha value is -1.50. The Morgan fingerprint density at radius 3 is 2.33 bits per heavy atom. The van der Waals surface area contributed by atoms with Crippen molar-refractivity contribution in [2.24, 2.45) is 0 Å². The van der Waals surface area contributed by atoms with Crippen molar-refractivity contribution in [3.63, 3.8) is 0 Å². The minimum Gasteiger partial charge on any atom is -0.399 e. The first-order chi connectivity index (χ1) is 9.76.